The minimum atomic E-state index is -0.164. The van der Waals surface area contributed by atoms with Gasteiger partial charge in [0.1, 0.15) is 5.69 Å². The summed E-state index contributed by atoms with van der Waals surface area (Å²) in [6.45, 7) is 4.02. The van der Waals surface area contributed by atoms with Gasteiger partial charge in [0.15, 0.2) is 0 Å². The highest BCUT2D eigenvalue weighted by Crippen LogP contribution is 2.32. The molecule has 0 aliphatic carbocycles. The summed E-state index contributed by atoms with van der Waals surface area (Å²) in [5, 5.41) is 5.54. The van der Waals surface area contributed by atoms with E-state index in [0.717, 1.165) is 28.5 Å². The lowest BCUT2D eigenvalue weighted by atomic mass is 10.0. The van der Waals surface area contributed by atoms with E-state index in [4.69, 9.17) is 11.6 Å². The van der Waals surface area contributed by atoms with Crippen molar-refractivity contribution in [3.05, 3.63) is 65.3 Å². The maximum Gasteiger partial charge on any atom is 0.270 e. The van der Waals surface area contributed by atoms with Crippen LogP contribution in [0, 0.1) is 0 Å². The van der Waals surface area contributed by atoms with Crippen molar-refractivity contribution in [3.63, 3.8) is 0 Å². The molecule has 0 saturated carbocycles. The predicted octanol–water partition coefficient (Wildman–Crippen LogP) is 5.08. The fourth-order valence-electron chi connectivity index (χ4n) is 2.57. The molecule has 0 aliphatic heterocycles. The number of carbonyl (C=O) groups is 1. The highest BCUT2D eigenvalue weighted by Gasteiger charge is 2.15. The van der Waals surface area contributed by atoms with Crippen molar-refractivity contribution in [2.45, 2.75) is 26.3 Å². The molecule has 1 heterocycles. The first-order valence-corrected chi connectivity index (χ1v) is 8.43. The van der Waals surface area contributed by atoms with Crippen LogP contribution in [0.4, 0.5) is 0 Å². The summed E-state index contributed by atoms with van der Waals surface area (Å²) in [7, 11) is 0. The number of fused-ring (bicyclic) bond motifs is 1. The van der Waals surface area contributed by atoms with Gasteiger partial charge in [0.25, 0.3) is 5.91 Å². The summed E-state index contributed by atoms with van der Waals surface area (Å²) in [5.41, 5.74) is 1.96. The first kappa shape index (κ1) is 16.5. The van der Waals surface area contributed by atoms with Gasteiger partial charge in [-0.2, -0.15) is 0 Å². The smallest absolute Gasteiger partial charge is 0.270 e. The van der Waals surface area contributed by atoms with E-state index >= 15 is 0 Å². The van der Waals surface area contributed by atoms with Gasteiger partial charge in [-0.15, -0.1) is 0 Å². The van der Waals surface area contributed by atoms with Crippen LogP contribution in [0.15, 0.2) is 54.6 Å². The van der Waals surface area contributed by atoms with E-state index in [2.05, 4.69) is 10.3 Å². The molecule has 2 aromatic carbocycles. The number of halogens is 1. The number of hydrogen-bond donors (Lipinski definition) is 1. The standard InChI is InChI=1S/C20H19ClN2O/c1-3-13(2)22-20(24)18-12-14-8-4-5-9-15(14)19(23-18)16-10-6-7-11-17(16)21/h4-13H,3H2,1-2H3,(H,22,24)/t13-/m0/s1. The fourth-order valence-corrected chi connectivity index (χ4v) is 2.80. The number of hydrogen-bond acceptors (Lipinski definition) is 2. The first-order chi connectivity index (χ1) is 11.6. The molecule has 3 aromatic rings. The maximum atomic E-state index is 12.5. The van der Waals surface area contributed by atoms with Gasteiger partial charge in [-0.1, -0.05) is 61.0 Å². The summed E-state index contributed by atoms with van der Waals surface area (Å²) >= 11 is 6.36. The number of carbonyl (C=O) groups excluding carboxylic acids is 1. The third kappa shape index (κ3) is 3.26. The van der Waals surface area contributed by atoms with Gasteiger partial charge in [0.05, 0.1) is 5.69 Å². The van der Waals surface area contributed by atoms with E-state index in [-0.39, 0.29) is 11.9 Å². The van der Waals surface area contributed by atoms with E-state index in [0.29, 0.717) is 10.7 Å². The van der Waals surface area contributed by atoms with Crippen molar-refractivity contribution < 1.29 is 4.79 Å². The molecule has 4 heteroatoms. The van der Waals surface area contributed by atoms with Crippen LogP contribution in [0.1, 0.15) is 30.8 Å². The fraction of sp³-hybridized carbons (Fsp3) is 0.200. The van der Waals surface area contributed by atoms with Gasteiger partial charge in [-0.25, -0.2) is 4.98 Å². The number of aromatic nitrogens is 1. The Balaban J connectivity index is 2.17. The number of amides is 1. The predicted molar refractivity (Wildman–Crippen MR) is 99.4 cm³/mol. The van der Waals surface area contributed by atoms with Crippen molar-refractivity contribution in [3.8, 4) is 11.3 Å². The van der Waals surface area contributed by atoms with E-state index < -0.39 is 0 Å². The van der Waals surface area contributed by atoms with Gasteiger partial charge >= 0.3 is 0 Å². The third-order valence-electron chi connectivity index (χ3n) is 4.09. The van der Waals surface area contributed by atoms with Crippen molar-refractivity contribution in [1.82, 2.24) is 10.3 Å². The second kappa shape index (κ2) is 7.02. The van der Waals surface area contributed by atoms with Crippen LogP contribution in [0.5, 0.6) is 0 Å². The summed E-state index contributed by atoms with van der Waals surface area (Å²) < 4.78 is 0. The van der Waals surface area contributed by atoms with E-state index in [1.807, 2.05) is 68.4 Å². The topological polar surface area (TPSA) is 42.0 Å². The zero-order chi connectivity index (χ0) is 17.1. The SMILES string of the molecule is CC[C@H](C)NC(=O)c1cc2ccccc2c(-c2ccccc2Cl)n1. The highest BCUT2D eigenvalue weighted by atomic mass is 35.5. The molecule has 0 fully saturated rings. The molecule has 0 bridgehead atoms. The summed E-state index contributed by atoms with van der Waals surface area (Å²) in [5.74, 6) is -0.164. The van der Waals surface area contributed by atoms with Crippen molar-refractivity contribution in [2.24, 2.45) is 0 Å². The Bertz CT molecular complexity index is 892. The van der Waals surface area contributed by atoms with Crippen LogP contribution in [-0.4, -0.2) is 16.9 Å². The summed E-state index contributed by atoms with van der Waals surface area (Å²) in [6.07, 6.45) is 0.872. The molecule has 3 rings (SSSR count). The van der Waals surface area contributed by atoms with Crippen LogP contribution in [0.25, 0.3) is 22.0 Å². The normalized spacial score (nSPS) is 12.1. The number of nitrogens with one attached hydrogen (secondary N) is 1. The quantitative estimate of drug-likeness (QED) is 0.720. The maximum absolute atomic E-state index is 12.5. The molecule has 0 saturated heterocycles. The van der Waals surface area contributed by atoms with Crippen LogP contribution in [0.2, 0.25) is 5.02 Å². The highest BCUT2D eigenvalue weighted by molar-refractivity contribution is 6.33. The molecule has 0 unspecified atom stereocenters. The Hall–Kier alpha value is -2.39. The minimum absolute atomic E-state index is 0.106. The van der Waals surface area contributed by atoms with Crippen LogP contribution in [0.3, 0.4) is 0 Å². The lowest BCUT2D eigenvalue weighted by Crippen LogP contribution is -2.32. The van der Waals surface area contributed by atoms with Gasteiger partial charge in [0, 0.05) is 22.0 Å². The molecule has 1 aromatic heterocycles. The van der Waals surface area contributed by atoms with E-state index in [9.17, 15) is 4.79 Å². The molecule has 0 spiro atoms. The van der Waals surface area contributed by atoms with E-state index in [1.165, 1.54) is 0 Å². The van der Waals surface area contributed by atoms with Crippen molar-refractivity contribution in [1.29, 1.82) is 0 Å². The number of pyridine rings is 1. The molecule has 122 valence electrons. The van der Waals surface area contributed by atoms with Crippen LogP contribution in [-0.2, 0) is 0 Å². The van der Waals surface area contributed by atoms with Crippen molar-refractivity contribution in [2.75, 3.05) is 0 Å². The average molecular weight is 339 g/mol. The monoisotopic (exact) mass is 338 g/mol. The Labute approximate surface area is 146 Å². The molecule has 1 amide bonds. The molecule has 0 radical (unpaired) electrons. The number of benzene rings is 2. The Morgan fingerprint density at radius 3 is 2.62 bits per heavy atom. The third-order valence-corrected chi connectivity index (χ3v) is 4.42. The van der Waals surface area contributed by atoms with Crippen molar-refractivity contribution >= 4 is 28.3 Å². The Morgan fingerprint density at radius 2 is 1.88 bits per heavy atom. The van der Waals surface area contributed by atoms with Gasteiger partial charge in [-0.3, -0.25) is 4.79 Å². The molecule has 3 nitrogen and oxygen atoms in total. The molecule has 24 heavy (non-hydrogen) atoms. The number of nitrogens with zero attached hydrogens (tertiary/aromatic N) is 1. The van der Waals surface area contributed by atoms with E-state index in [1.54, 1.807) is 0 Å². The zero-order valence-corrected chi connectivity index (χ0v) is 14.5. The summed E-state index contributed by atoms with van der Waals surface area (Å²) in [4.78, 5) is 17.1. The Morgan fingerprint density at radius 1 is 1.17 bits per heavy atom. The van der Waals surface area contributed by atoms with Gasteiger partial charge in [0.2, 0.25) is 0 Å². The Kier molecular flexibility index (Phi) is 4.81. The molecular formula is C20H19ClN2O. The lowest BCUT2D eigenvalue weighted by molar-refractivity contribution is 0.0934. The molecule has 0 aliphatic rings. The van der Waals surface area contributed by atoms with Gasteiger partial charge in [-0.05, 0) is 30.9 Å². The van der Waals surface area contributed by atoms with Crippen LogP contribution < -0.4 is 5.32 Å². The largest absolute Gasteiger partial charge is 0.348 e. The molecular weight excluding hydrogens is 320 g/mol. The second-order valence-corrected chi connectivity index (χ2v) is 6.25. The summed E-state index contributed by atoms with van der Waals surface area (Å²) in [6, 6.07) is 17.4. The first-order valence-electron chi connectivity index (χ1n) is 8.05. The van der Waals surface area contributed by atoms with Gasteiger partial charge < -0.3 is 5.32 Å². The molecule has 1 atom stereocenters. The van der Waals surface area contributed by atoms with Crippen LogP contribution >= 0.6 is 11.6 Å². The zero-order valence-electron chi connectivity index (χ0n) is 13.7. The average Bonchev–Trinajstić information content (AvgIpc) is 2.61. The number of rotatable bonds is 4. The lowest BCUT2D eigenvalue weighted by Gasteiger charge is -2.13. The second-order valence-electron chi connectivity index (χ2n) is 5.84. The molecule has 1 N–H and O–H groups in total. The minimum Gasteiger partial charge on any atom is -0.348 e.